The van der Waals surface area contributed by atoms with Gasteiger partial charge in [0.25, 0.3) is 5.91 Å². The van der Waals surface area contributed by atoms with Gasteiger partial charge in [0.15, 0.2) is 0 Å². The summed E-state index contributed by atoms with van der Waals surface area (Å²) in [6.07, 6.45) is 0.938. The quantitative estimate of drug-likeness (QED) is 0.775. The molecule has 0 fully saturated rings. The number of rotatable bonds is 6. The topological polar surface area (TPSA) is 23.6 Å². The minimum absolute atomic E-state index is 0.0312. The van der Waals surface area contributed by atoms with E-state index in [1.165, 1.54) is 24.3 Å². The van der Waals surface area contributed by atoms with Gasteiger partial charge in [-0.3, -0.25) is 4.79 Å². The third kappa shape index (κ3) is 4.45. The first-order chi connectivity index (χ1) is 8.54. The maximum absolute atomic E-state index is 12.8. The number of carbonyl (C=O) groups is 1. The average Bonchev–Trinajstić information content (AvgIpc) is 2.34. The lowest BCUT2D eigenvalue weighted by Crippen LogP contribution is -2.33. The minimum Gasteiger partial charge on any atom is -0.339 e. The van der Waals surface area contributed by atoms with Crippen LogP contribution in [0.5, 0.6) is 0 Å². The highest BCUT2D eigenvalue weighted by Gasteiger charge is 2.13. The first kappa shape index (κ1) is 14.6. The molecule has 0 aliphatic heterocycles. The molecule has 0 saturated carbocycles. The number of nitrogens with zero attached hydrogens (tertiary/aromatic N) is 2. The van der Waals surface area contributed by atoms with Crippen molar-refractivity contribution in [2.45, 2.75) is 13.3 Å². The van der Waals surface area contributed by atoms with Crippen LogP contribution in [0.2, 0.25) is 0 Å². The number of hydrogen-bond donors (Lipinski definition) is 0. The molecule has 0 N–H and O–H groups in total. The lowest BCUT2D eigenvalue weighted by Gasteiger charge is -2.22. The molecule has 0 heterocycles. The second-order valence-electron chi connectivity index (χ2n) is 4.55. The largest absolute Gasteiger partial charge is 0.339 e. The van der Waals surface area contributed by atoms with Gasteiger partial charge in [-0.1, -0.05) is 0 Å². The van der Waals surface area contributed by atoms with E-state index in [0.717, 1.165) is 19.5 Å². The summed E-state index contributed by atoms with van der Waals surface area (Å²) >= 11 is 0. The number of benzene rings is 1. The van der Waals surface area contributed by atoms with Crippen LogP contribution < -0.4 is 0 Å². The van der Waals surface area contributed by atoms with Crippen LogP contribution in [0.4, 0.5) is 4.39 Å². The highest BCUT2D eigenvalue weighted by Crippen LogP contribution is 2.07. The number of amides is 1. The normalized spacial score (nSPS) is 10.7. The lowest BCUT2D eigenvalue weighted by atomic mass is 10.2. The first-order valence-electron chi connectivity index (χ1n) is 6.24. The summed E-state index contributed by atoms with van der Waals surface area (Å²) < 4.78 is 12.8. The van der Waals surface area contributed by atoms with E-state index in [2.05, 4.69) is 4.90 Å². The Morgan fingerprint density at radius 2 is 1.78 bits per heavy atom. The van der Waals surface area contributed by atoms with Gasteiger partial charge in [0, 0.05) is 18.7 Å². The Balaban J connectivity index is 2.59. The summed E-state index contributed by atoms with van der Waals surface area (Å²) in [5, 5.41) is 0. The summed E-state index contributed by atoms with van der Waals surface area (Å²) in [7, 11) is 4.02. The summed E-state index contributed by atoms with van der Waals surface area (Å²) in [5.41, 5.74) is 0.545. The average molecular weight is 252 g/mol. The second kappa shape index (κ2) is 7.11. The van der Waals surface area contributed by atoms with E-state index in [1.54, 1.807) is 4.90 Å². The highest BCUT2D eigenvalue weighted by atomic mass is 19.1. The molecule has 18 heavy (non-hydrogen) atoms. The van der Waals surface area contributed by atoms with Gasteiger partial charge in [-0.05, 0) is 58.3 Å². The Morgan fingerprint density at radius 1 is 1.17 bits per heavy atom. The zero-order valence-corrected chi connectivity index (χ0v) is 11.3. The monoisotopic (exact) mass is 252 g/mol. The van der Waals surface area contributed by atoms with E-state index in [4.69, 9.17) is 0 Å². The van der Waals surface area contributed by atoms with Crippen molar-refractivity contribution in [1.29, 1.82) is 0 Å². The molecule has 1 aromatic carbocycles. The SMILES string of the molecule is CCN(CCCN(C)C)C(=O)c1ccc(F)cc1. The van der Waals surface area contributed by atoms with Crippen LogP contribution in [0, 0.1) is 5.82 Å². The molecule has 1 amide bonds. The highest BCUT2D eigenvalue weighted by molar-refractivity contribution is 5.94. The van der Waals surface area contributed by atoms with Crippen LogP contribution in [0.25, 0.3) is 0 Å². The zero-order valence-electron chi connectivity index (χ0n) is 11.3. The van der Waals surface area contributed by atoms with Crippen molar-refractivity contribution in [2.24, 2.45) is 0 Å². The number of hydrogen-bond acceptors (Lipinski definition) is 2. The molecule has 4 heteroatoms. The maximum Gasteiger partial charge on any atom is 0.253 e. The fourth-order valence-corrected chi connectivity index (χ4v) is 1.76. The molecule has 0 atom stereocenters. The van der Waals surface area contributed by atoms with Gasteiger partial charge in [-0.25, -0.2) is 4.39 Å². The molecule has 1 aromatic rings. The van der Waals surface area contributed by atoms with Crippen molar-refractivity contribution in [2.75, 3.05) is 33.7 Å². The minimum atomic E-state index is -0.317. The Kier molecular flexibility index (Phi) is 5.78. The van der Waals surface area contributed by atoms with Crippen molar-refractivity contribution in [1.82, 2.24) is 9.80 Å². The van der Waals surface area contributed by atoms with E-state index in [-0.39, 0.29) is 11.7 Å². The van der Waals surface area contributed by atoms with Crippen molar-refractivity contribution in [3.8, 4) is 0 Å². The second-order valence-corrected chi connectivity index (χ2v) is 4.55. The Bertz CT molecular complexity index is 376. The molecule has 100 valence electrons. The van der Waals surface area contributed by atoms with E-state index in [9.17, 15) is 9.18 Å². The molecule has 0 bridgehead atoms. The van der Waals surface area contributed by atoms with E-state index < -0.39 is 0 Å². The maximum atomic E-state index is 12.8. The zero-order chi connectivity index (χ0) is 13.5. The standard InChI is InChI=1S/C14H21FN2O/c1-4-17(11-5-10-16(2)3)14(18)12-6-8-13(15)9-7-12/h6-9H,4-5,10-11H2,1-3H3. The van der Waals surface area contributed by atoms with Crippen molar-refractivity contribution in [3.05, 3.63) is 35.6 Å². The van der Waals surface area contributed by atoms with Gasteiger partial charge >= 0.3 is 0 Å². The molecule has 0 radical (unpaired) electrons. The molecule has 0 aliphatic rings. The summed E-state index contributed by atoms with van der Waals surface area (Å²) in [5.74, 6) is -0.349. The molecule has 3 nitrogen and oxygen atoms in total. The molecule has 0 aliphatic carbocycles. The molecular formula is C14H21FN2O. The van der Waals surface area contributed by atoms with E-state index in [1.807, 2.05) is 21.0 Å². The van der Waals surface area contributed by atoms with Gasteiger partial charge < -0.3 is 9.80 Å². The van der Waals surface area contributed by atoms with Crippen LogP contribution in [0.3, 0.4) is 0 Å². The summed E-state index contributed by atoms with van der Waals surface area (Å²) in [6.45, 7) is 4.30. The Labute approximate surface area is 108 Å². The third-order valence-corrected chi connectivity index (χ3v) is 2.79. The van der Waals surface area contributed by atoms with E-state index >= 15 is 0 Å². The first-order valence-corrected chi connectivity index (χ1v) is 6.24. The Morgan fingerprint density at radius 3 is 2.28 bits per heavy atom. The van der Waals surface area contributed by atoms with Gasteiger partial charge in [-0.2, -0.15) is 0 Å². The predicted molar refractivity (Wildman–Crippen MR) is 71.1 cm³/mol. The van der Waals surface area contributed by atoms with Gasteiger partial charge in [0.2, 0.25) is 0 Å². The fraction of sp³-hybridized carbons (Fsp3) is 0.500. The molecule has 0 unspecified atom stereocenters. The van der Waals surface area contributed by atoms with Gasteiger partial charge in [-0.15, -0.1) is 0 Å². The summed E-state index contributed by atoms with van der Waals surface area (Å²) in [6, 6.07) is 5.71. The predicted octanol–water partition coefficient (Wildman–Crippen LogP) is 2.24. The third-order valence-electron chi connectivity index (χ3n) is 2.79. The molecule has 1 rings (SSSR count). The van der Waals surface area contributed by atoms with Crippen molar-refractivity contribution in [3.63, 3.8) is 0 Å². The van der Waals surface area contributed by atoms with Gasteiger partial charge in [0.1, 0.15) is 5.82 Å². The summed E-state index contributed by atoms with van der Waals surface area (Å²) in [4.78, 5) is 16.0. The van der Waals surface area contributed by atoms with Crippen LogP contribution in [-0.4, -0.2) is 49.4 Å². The molecular weight excluding hydrogens is 231 g/mol. The van der Waals surface area contributed by atoms with Crippen LogP contribution in [0.15, 0.2) is 24.3 Å². The van der Waals surface area contributed by atoms with E-state index in [0.29, 0.717) is 12.1 Å². The lowest BCUT2D eigenvalue weighted by molar-refractivity contribution is 0.0759. The molecule has 0 spiro atoms. The van der Waals surface area contributed by atoms with Gasteiger partial charge in [0.05, 0.1) is 0 Å². The molecule has 0 aromatic heterocycles. The fourth-order valence-electron chi connectivity index (χ4n) is 1.76. The van der Waals surface area contributed by atoms with Crippen molar-refractivity contribution < 1.29 is 9.18 Å². The van der Waals surface area contributed by atoms with Crippen LogP contribution >= 0.6 is 0 Å². The smallest absolute Gasteiger partial charge is 0.253 e. The number of halogens is 1. The number of carbonyl (C=O) groups excluding carboxylic acids is 1. The Hall–Kier alpha value is -1.42. The molecule has 0 saturated heterocycles. The van der Waals surface area contributed by atoms with Crippen LogP contribution in [0.1, 0.15) is 23.7 Å². The van der Waals surface area contributed by atoms with Crippen LogP contribution in [-0.2, 0) is 0 Å². The van der Waals surface area contributed by atoms with Crippen molar-refractivity contribution >= 4 is 5.91 Å².